The fraction of sp³-hybridized carbons (Fsp3) is 0.143. The van der Waals surface area contributed by atoms with E-state index in [9.17, 15) is 13.2 Å². The third-order valence-corrected chi connectivity index (χ3v) is 2.14. The first-order valence-electron chi connectivity index (χ1n) is 3.73. The molecule has 3 N–H and O–H groups in total. The van der Waals surface area contributed by atoms with Crippen LogP contribution in [0.5, 0.6) is 0 Å². The van der Waals surface area contributed by atoms with Crippen molar-refractivity contribution in [2.45, 2.75) is 5.37 Å². The minimum absolute atomic E-state index is 0.167. The van der Waals surface area contributed by atoms with E-state index < -0.39 is 15.5 Å². The molecule has 15 heavy (non-hydrogen) atoms. The molecular formula is C7H11N3O4S. The Kier molecular flexibility index (Phi) is 5.99. The van der Waals surface area contributed by atoms with E-state index in [1.807, 2.05) is 5.32 Å². The topological polar surface area (TPSA) is 112 Å². The number of H-pyrrole nitrogens is 1. The van der Waals surface area contributed by atoms with E-state index in [0.29, 0.717) is 0 Å². The molecule has 7 nitrogen and oxygen atoms in total. The number of nitrogens with zero attached hydrogens (tertiary/aromatic N) is 1. The molecule has 0 fully saturated rings. The number of rotatable bonds is 4. The normalized spacial score (nSPS) is 11.8. The first-order valence-corrected chi connectivity index (χ1v) is 5.24. The lowest BCUT2D eigenvalue weighted by Crippen LogP contribution is -2.33. The van der Waals surface area contributed by atoms with Gasteiger partial charge in [-0.2, -0.15) is 8.42 Å². The second kappa shape index (κ2) is 6.74. The van der Waals surface area contributed by atoms with Crippen LogP contribution in [0.1, 0.15) is 0 Å². The fourth-order valence-corrected chi connectivity index (χ4v) is 1.03. The Hall–Kier alpha value is -1.67. The molecule has 8 heteroatoms. The Morgan fingerprint density at radius 1 is 1.60 bits per heavy atom. The van der Waals surface area contributed by atoms with Crippen LogP contribution in [0.4, 0.5) is 0 Å². The zero-order valence-corrected chi connectivity index (χ0v) is 8.52. The van der Waals surface area contributed by atoms with Crippen molar-refractivity contribution in [3.05, 3.63) is 31.4 Å². The van der Waals surface area contributed by atoms with E-state index in [1.165, 1.54) is 0 Å². The summed E-state index contributed by atoms with van der Waals surface area (Å²) >= 11 is 0. The van der Waals surface area contributed by atoms with Crippen molar-refractivity contribution < 1.29 is 17.8 Å². The molecule has 1 aromatic heterocycles. The van der Waals surface area contributed by atoms with Crippen LogP contribution in [0.15, 0.2) is 31.4 Å². The monoisotopic (exact) mass is 233 g/mol. The largest absolute Gasteiger partial charge is 0.351 e. The number of carbonyl (C=O) groups is 1. The molecule has 0 radical (unpaired) electrons. The van der Waals surface area contributed by atoms with Crippen molar-refractivity contribution in [3.63, 3.8) is 0 Å². The summed E-state index contributed by atoms with van der Waals surface area (Å²) in [6.07, 6.45) is 6.16. The van der Waals surface area contributed by atoms with Crippen LogP contribution < -0.4 is 5.32 Å². The van der Waals surface area contributed by atoms with E-state index in [1.54, 1.807) is 18.7 Å². The van der Waals surface area contributed by atoms with E-state index in [-0.39, 0.29) is 6.41 Å². The molecule has 1 atom stereocenters. The molecule has 0 aliphatic heterocycles. The highest BCUT2D eigenvalue weighted by Crippen LogP contribution is 1.92. The lowest BCUT2D eigenvalue weighted by atomic mass is 10.6. The molecule has 0 aromatic carbocycles. The third-order valence-electron chi connectivity index (χ3n) is 1.17. The van der Waals surface area contributed by atoms with Gasteiger partial charge in [-0.1, -0.05) is 12.7 Å². The Balaban J connectivity index is 0.000000322. The molecule has 1 unspecified atom stereocenters. The Labute approximate surface area is 87.0 Å². The maximum absolute atomic E-state index is 10.2. The number of nitrogens with one attached hydrogen (secondary N) is 2. The van der Waals surface area contributed by atoms with Crippen LogP contribution in [0.3, 0.4) is 0 Å². The number of hydrogen-bond donors (Lipinski definition) is 3. The molecule has 0 saturated carbocycles. The lowest BCUT2D eigenvalue weighted by molar-refractivity contribution is -0.109. The van der Waals surface area contributed by atoms with Gasteiger partial charge in [-0.05, 0) is 0 Å². The van der Waals surface area contributed by atoms with Gasteiger partial charge in [0.05, 0.1) is 6.33 Å². The van der Waals surface area contributed by atoms with Crippen molar-refractivity contribution >= 4 is 16.5 Å². The van der Waals surface area contributed by atoms with Crippen LogP contribution in [-0.4, -0.2) is 34.7 Å². The summed E-state index contributed by atoms with van der Waals surface area (Å²) in [5.74, 6) is 0. The van der Waals surface area contributed by atoms with Gasteiger partial charge in [0.15, 0.2) is 5.37 Å². The smallest absolute Gasteiger partial charge is 0.290 e. The quantitative estimate of drug-likeness (QED) is 0.370. The van der Waals surface area contributed by atoms with E-state index in [0.717, 1.165) is 6.08 Å². The highest BCUT2D eigenvalue weighted by Gasteiger charge is 2.16. The highest BCUT2D eigenvalue weighted by atomic mass is 32.2. The molecule has 1 amide bonds. The SMILES string of the molecule is C=CC(NC=O)S(=O)(=O)O.c1c[nH]cn1. The molecule has 0 bridgehead atoms. The predicted octanol–water partition coefficient (Wildman–Crippen LogP) is -0.458. The maximum Gasteiger partial charge on any atom is 0.290 e. The fourth-order valence-electron chi connectivity index (χ4n) is 0.558. The number of amides is 1. The lowest BCUT2D eigenvalue weighted by Gasteiger charge is -2.05. The summed E-state index contributed by atoms with van der Waals surface area (Å²) in [6, 6.07) is 0. The first-order chi connectivity index (χ1) is 7.02. The van der Waals surface area contributed by atoms with E-state index in [2.05, 4.69) is 16.5 Å². The minimum Gasteiger partial charge on any atom is -0.351 e. The van der Waals surface area contributed by atoms with Crippen LogP contribution in [0.25, 0.3) is 0 Å². The van der Waals surface area contributed by atoms with Gasteiger partial charge in [0, 0.05) is 12.4 Å². The molecule has 0 aliphatic rings. The standard InChI is InChI=1S/C4H7NO4S.C3H4N2/c1-2-4(5-3-6)10(7,8)9;1-2-5-3-4-1/h2-4H,1H2,(H,5,6)(H,7,8,9);1-3H,(H,4,5). The predicted molar refractivity (Wildman–Crippen MR) is 53.3 cm³/mol. The van der Waals surface area contributed by atoms with E-state index >= 15 is 0 Å². The van der Waals surface area contributed by atoms with Crippen LogP contribution in [-0.2, 0) is 14.9 Å². The molecular weight excluding hydrogens is 222 g/mol. The molecule has 0 saturated heterocycles. The van der Waals surface area contributed by atoms with Crippen molar-refractivity contribution in [3.8, 4) is 0 Å². The van der Waals surface area contributed by atoms with Crippen LogP contribution >= 0.6 is 0 Å². The molecule has 1 aromatic rings. The second-order valence-electron chi connectivity index (χ2n) is 2.22. The van der Waals surface area contributed by atoms with Crippen LogP contribution in [0.2, 0.25) is 0 Å². The van der Waals surface area contributed by atoms with Gasteiger partial charge in [0.2, 0.25) is 6.41 Å². The number of hydrogen-bond acceptors (Lipinski definition) is 4. The number of aromatic amines is 1. The van der Waals surface area contributed by atoms with Gasteiger partial charge in [0.25, 0.3) is 10.1 Å². The van der Waals surface area contributed by atoms with E-state index in [4.69, 9.17) is 4.55 Å². The van der Waals surface area contributed by atoms with Gasteiger partial charge in [-0.3, -0.25) is 9.35 Å². The van der Waals surface area contributed by atoms with Crippen molar-refractivity contribution in [2.75, 3.05) is 0 Å². The van der Waals surface area contributed by atoms with Gasteiger partial charge < -0.3 is 10.3 Å². The molecule has 0 aliphatic carbocycles. The van der Waals surface area contributed by atoms with Crippen molar-refractivity contribution in [2.24, 2.45) is 0 Å². The van der Waals surface area contributed by atoms with Gasteiger partial charge in [0.1, 0.15) is 0 Å². The Bertz CT molecular complexity index is 356. The average Bonchev–Trinajstić information content (AvgIpc) is 2.69. The van der Waals surface area contributed by atoms with Crippen molar-refractivity contribution in [1.29, 1.82) is 0 Å². The summed E-state index contributed by atoms with van der Waals surface area (Å²) < 4.78 is 28.7. The molecule has 84 valence electrons. The summed E-state index contributed by atoms with van der Waals surface area (Å²) in [4.78, 5) is 16.1. The van der Waals surface area contributed by atoms with Crippen molar-refractivity contribution in [1.82, 2.24) is 15.3 Å². The summed E-state index contributed by atoms with van der Waals surface area (Å²) in [6.45, 7) is 3.09. The number of carbonyl (C=O) groups excluding carboxylic acids is 1. The zero-order valence-electron chi connectivity index (χ0n) is 7.70. The highest BCUT2D eigenvalue weighted by molar-refractivity contribution is 7.86. The summed E-state index contributed by atoms with van der Waals surface area (Å²) in [5, 5.41) is 0.424. The maximum atomic E-state index is 10.2. The first kappa shape index (κ1) is 13.3. The summed E-state index contributed by atoms with van der Waals surface area (Å²) in [5.41, 5.74) is 0. The average molecular weight is 233 g/mol. The van der Waals surface area contributed by atoms with Crippen LogP contribution in [0, 0.1) is 0 Å². The summed E-state index contributed by atoms with van der Waals surface area (Å²) in [7, 11) is -4.24. The second-order valence-corrected chi connectivity index (χ2v) is 3.75. The Morgan fingerprint density at radius 3 is 2.40 bits per heavy atom. The molecule has 1 heterocycles. The number of aromatic nitrogens is 2. The van der Waals surface area contributed by atoms with Gasteiger partial charge in [-0.25, -0.2) is 4.98 Å². The molecule has 0 spiro atoms. The zero-order chi connectivity index (χ0) is 11.7. The Morgan fingerprint density at radius 2 is 2.27 bits per heavy atom. The minimum atomic E-state index is -4.24. The molecule has 1 rings (SSSR count). The van der Waals surface area contributed by atoms with Gasteiger partial charge in [-0.15, -0.1) is 0 Å². The third kappa shape index (κ3) is 6.41. The number of imidazole rings is 1. The van der Waals surface area contributed by atoms with Gasteiger partial charge >= 0.3 is 0 Å².